The number of hydrogen-bond acceptors (Lipinski definition) is 7. The summed E-state index contributed by atoms with van der Waals surface area (Å²) < 4.78 is 5.65. The molecule has 17 heavy (non-hydrogen) atoms. The second-order valence-electron chi connectivity index (χ2n) is 3.08. The van der Waals surface area contributed by atoms with E-state index in [2.05, 4.69) is 20.7 Å². The molecule has 1 amide bonds. The van der Waals surface area contributed by atoms with E-state index >= 15 is 0 Å². The van der Waals surface area contributed by atoms with E-state index in [1.54, 1.807) is 24.8 Å². The van der Waals surface area contributed by atoms with Gasteiger partial charge in [0.15, 0.2) is 10.0 Å². The maximum Gasteiger partial charge on any atom is 0.279 e. The smallest absolute Gasteiger partial charge is 0.279 e. The molecule has 0 saturated heterocycles. The Bertz CT molecular complexity index is 523. The van der Waals surface area contributed by atoms with Crippen molar-refractivity contribution in [3.8, 4) is 0 Å². The number of aryl methyl sites for hydroxylation is 1. The van der Waals surface area contributed by atoms with Gasteiger partial charge < -0.3 is 4.52 Å². The molecule has 0 aliphatic carbocycles. The zero-order valence-corrected chi connectivity index (χ0v) is 10.9. The van der Waals surface area contributed by atoms with Gasteiger partial charge in [-0.1, -0.05) is 35.2 Å². The average Bonchev–Trinajstić information content (AvgIpc) is 2.88. The van der Waals surface area contributed by atoms with E-state index in [1.165, 1.54) is 11.3 Å². The van der Waals surface area contributed by atoms with Gasteiger partial charge in [0.2, 0.25) is 5.13 Å². The lowest BCUT2D eigenvalue weighted by Crippen LogP contribution is -2.11. The average molecular weight is 270 g/mol. The van der Waals surface area contributed by atoms with E-state index < -0.39 is 0 Å². The number of carbonyl (C=O) groups is 1. The van der Waals surface area contributed by atoms with Crippen LogP contribution in [-0.2, 0) is 0 Å². The summed E-state index contributed by atoms with van der Waals surface area (Å²) in [5.41, 5.74) is 0.238. The molecule has 0 spiro atoms. The number of carbonyl (C=O) groups excluding carboxylic acids is 1. The Morgan fingerprint density at radius 3 is 3.06 bits per heavy atom. The summed E-state index contributed by atoms with van der Waals surface area (Å²) in [6.45, 7) is 3.76. The molecule has 0 aliphatic rings. The first-order chi connectivity index (χ1) is 8.19. The Morgan fingerprint density at radius 2 is 2.41 bits per heavy atom. The zero-order valence-electron chi connectivity index (χ0n) is 9.26. The van der Waals surface area contributed by atoms with Gasteiger partial charge in [0, 0.05) is 6.07 Å². The normalized spacial score (nSPS) is 10.5. The van der Waals surface area contributed by atoms with E-state index in [0.29, 0.717) is 10.9 Å². The Labute approximate surface area is 106 Å². The number of hydrogen-bond donors (Lipinski definition) is 1. The summed E-state index contributed by atoms with van der Waals surface area (Å²) in [5, 5.41) is 14.5. The van der Waals surface area contributed by atoms with Crippen LogP contribution in [0.15, 0.2) is 14.9 Å². The summed E-state index contributed by atoms with van der Waals surface area (Å²) in [4.78, 5) is 11.7. The minimum Gasteiger partial charge on any atom is -0.361 e. The van der Waals surface area contributed by atoms with Crippen LogP contribution in [0.2, 0.25) is 0 Å². The predicted octanol–water partition coefficient (Wildman–Crippen LogP) is 2.20. The Kier molecular flexibility index (Phi) is 3.75. The number of nitrogens with one attached hydrogen (secondary N) is 1. The maximum absolute atomic E-state index is 11.7. The molecule has 0 fully saturated rings. The van der Waals surface area contributed by atoms with Gasteiger partial charge in [-0.05, 0) is 12.7 Å². The summed E-state index contributed by atoms with van der Waals surface area (Å²) in [7, 11) is 0. The minimum absolute atomic E-state index is 0.238. The Morgan fingerprint density at radius 1 is 1.59 bits per heavy atom. The van der Waals surface area contributed by atoms with Crippen molar-refractivity contribution < 1.29 is 9.32 Å². The Hall–Kier alpha value is -1.41. The molecule has 2 rings (SSSR count). The van der Waals surface area contributed by atoms with Crippen molar-refractivity contribution in [3.05, 3.63) is 17.5 Å². The van der Waals surface area contributed by atoms with Gasteiger partial charge in [-0.2, -0.15) is 0 Å². The lowest BCUT2D eigenvalue weighted by Gasteiger charge is -1.94. The Balaban J connectivity index is 2.02. The van der Waals surface area contributed by atoms with Gasteiger partial charge in [0.25, 0.3) is 5.91 Å². The summed E-state index contributed by atoms with van der Waals surface area (Å²) >= 11 is 2.92. The molecular weight excluding hydrogens is 260 g/mol. The number of rotatable bonds is 4. The fourth-order valence-electron chi connectivity index (χ4n) is 1.08. The molecule has 1 N–H and O–H groups in total. The van der Waals surface area contributed by atoms with Crippen LogP contribution in [0.3, 0.4) is 0 Å². The summed E-state index contributed by atoms with van der Waals surface area (Å²) in [6, 6.07) is 1.57. The lowest BCUT2D eigenvalue weighted by atomic mass is 10.4. The number of amides is 1. The topological polar surface area (TPSA) is 80.9 Å². The van der Waals surface area contributed by atoms with Crippen LogP contribution in [0.1, 0.15) is 23.2 Å². The maximum atomic E-state index is 11.7. The van der Waals surface area contributed by atoms with Gasteiger partial charge >= 0.3 is 0 Å². The van der Waals surface area contributed by atoms with E-state index in [-0.39, 0.29) is 11.6 Å². The molecule has 8 heteroatoms. The van der Waals surface area contributed by atoms with Crippen molar-refractivity contribution in [2.45, 2.75) is 18.2 Å². The quantitative estimate of drug-likeness (QED) is 0.677. The van der Waals surface area contributed by atoms with E-state index in [0.717, 1.165) is 10.1 Å². The van der Waals surface area contributed by atoms with Crippen molar-refractivity contribution in [2.75, 3.05) is 11.1 Å². The standard InChI is InChI=1S/C9H10N4O2S2/c1-3-16-9-12-11-8(17-9)10-7(14)6-4-5(2)15-13-6/h4H,3H2,1-2H3,(H,10,11,14). The third-order valence-corrected chi connectivity index (χ3v) is 3.61. The highest BCUT2D eigenvalue weighted by Gasteiger charge is 2.13. The number of aromatic nitrogens is 3. The van der Waals surface area contributed by atoms with E-state index in [4.69, 9.17) is 4.52 Å². The lowest BCUT2D eigenvalue weighted by molar-refractivity contribution is 0.101. The van der Waals surface area contributed by atoms with Gasteiger partial charge in [-0.3, -0.25) is 10.1 Å². The molecule has 0 atom stereocenters. The molecule has 0 bridgehead atoms. The summed E-state index contributed by atoms with van der Waals surface area (Å²) in [5.74, 6) is 1.17. The van der Waals surface area contributed by atoms with Crippen molar-refractivity contribution in [1.29, 1.82) is 0 Å². The molecule has 0 unspecified atom stereocenters. The molecule has 2 aromatic heterocycles. The predicted molar refractivity (Wildman–Crippen MR) is 65.5 cm³/mol. The molecule has 90 valence electrons. The van der Waals surface area contributed by atoms with Crippen LogP contribution < -0.4 is 5.32 Å². The second-order valence-corrected chi connectivity index (χ2v) is 5.57. The van der Waals surface area contributed by atoms with Crippen LogP contribution in [0, 0.1) is 6.92 Å². The highest BCUT2D eigenvalue weighted by Crippen LogP contribution is 2.25. The highest BCUT2D eigenvalue weighted by atomic mass is 32.2. The van der Waals surface area contributed by atoms with Crippen molar-refractivity contribution in [3.63, 3.8) is 0 Å². The van der Waals surface area contributed by atoms with Crippen LogP contribution >= 0.6 is 23.1 Å². The SMILES string of the molecule is CCSc1nnc(NC(=O)c2cc(C)on2)s1. The summed E-state index contributed by atoms with van der Waals surface area (Å²) in [6.07, 6.45) is 0. The first kappa shape index (κ1) is 12.1. The van der Waals surface area contributed by atoms with Crippen LogP contribution in [0.25, 0.3) is 0 Å². The molecule has 2 heterocycles. The molecule has 0 saturated carbocycles. The first-order valence-corrected chi connectivity index (χ1v) is 6.70. The van der Waals surface area contributed by atoms with Crippen LogP contribution in [0.4, 0.5) is 5.13 Å². The number of nitrogens with zero attached hydrogens (tertiary/aromatic N) is 3. The van der Waals surface area contributed by atoms with Crippen molar-refractivity contribution >= 4 is 34.1 Å². The van der Waals surface area contributed by atoms with E-state index in [1.807, 2.05) is 6.92 Å². The van der Waals surface area contributed by atoms with Crippen LogP contribution in [-0.4, -0.2) is 27.0 Å². The molecule has 0 radical (unpaired) electrons. The van der Waals surface area contributed by atoms with Crippen molar-refractivity contribution in [1.82, 2.24) is 15.4 Å². The fourth-order valence-corrected chi connectivity index (χ4v) is 2.72. The van der Waals surface area contributed by atoms with Crippen LogP contribution in [0.5, 0.6) is 0 Å². The number of thioether (sulfide) groups is 1. The molecule has 0 aromatic carbocycles. The molecule has 0 aliphatic heterocycles. The molecule has 2 aromatic rings. The van der Waals surface area contributed by atoms with E-state index in [9.17, 15) is 4.79 Å². The van der Waals surface area contributed by atoms with Gasteiger partial charge in [0.05, 0.1) is 0 Å². The van der Waals surface area contributed by atoms with Crippen molar-refractivity contribution in [2.24, 2.45) is 0 Å². The third kappa shape index (κ3) is 3.04. The second kappa shape index (κ2) is 5.28. The van der Waals surface area contributed by atoms with Gasteiger partial charge in [-0.25, -0.2) is 0 Å². The number of anilines is 1. The molecule has 6 nitrogen and oxygen atoms in total. The first-order valence-electron chi connectivity index (χ1n) is 4.90. The zero-order chi connectivity index (χ0) is 12.3. The minimum atomic E-state index is -0.342. The monoisotopic (exact) mass is 270 g/mol. The van der Waals surface area contributed by atoms with Gasteiger partial charge in [-0.15, -0.1) is 10.2 Å². The third-order valence-electron chi connectivity index (χ3n) is 1.76. The highest BCUT2D eigenvalue weighted by molar-refractivity contribution is 8.01. The molecular formula is C9H10N4O2S2. The largest absolute Gasteiger partial charge is 0.361 e. The van der Waals surface area contributed by atoms with Gasteiger partial charge in [0.1, 0.15) is 5.76 Å². The fraction of sp³-hybridized carbons (Fsp3) is 0.333.